The Balaban J connectivity index is 3.00. The van der Waals surface area contributed by atoms with Crippen LogP contribution in [0.25, 0.3) is 0 Å². The van der Waals surface area contributed by atoms with Crippen LogP contribution in [0, 0.1) is 20.8 Å². The Morgan fingerprint density at radius 2 is 1.56 bits per heavy atom. The van der Waals surface area contributed by atoms with Gasteiger partial charge >= 0.3 is 0 Å². The van der Waals surface area contributed by atoms with E-state index in [1.54, 1.807) is 0 Å². The van der Waals surface area contributed by atoms with Gasteiger partial charge in [0.15, 0.2) is 0 Å². The van der Waals surface area contributed by atoms with E-state index < -0.39 is 0 Å². The maximum Gasteiger partial charge on any atom is 0.0314 e. The van der Waals surface area contributed by atoms with Crippen LogP contribution in [-0.4, -0.2) is 5.54 Å². The van der Waals surface area contributed by atoms with Crippen LogP contribution in [-0.2, 0) is 0 Å². The van der Waals surface area contributed by atoms with Gasteiger partial charge in [-0.05, 0) is 63.3 Å². The minimum absolute atomic E-state index is 0.0271. The molecule has 0 aliphatic carbocycles. The van der Waals surface area contributed by atoms with Gasteiger partial charge in [0, 0.05) is 11.6 Å². The van der Waals surface area contributed by atoms with Gasteiger partial charge in [0.25, 0.3) is 0 Å². The second-order valence-corrected chi connectivity index (χ2v) is 5.59. The summed E-state index contributed by atoms with van der Waals surface area (Å²) in [5.74, 6) is 0. The number of nitrogens with two attached hydrogens (primary N) is 2. The fraction of sp³-hybridized carbons (Fsp3) is 0.571. The lowest BCUT2D eigenvalue weighted by atomic mass is 9.89. The van der Waals surface area contributed by atoms with E-state index in [1.807, 2.05) is 13.8 Å². The Hall–Kier alpha value is -0.860. The third-order valence-corrected chi connectivity index (χ3v) is 3.03. The van der Waals surface area contributed by atoms with Crippen molar-refractivity contribution in [2.24, 2.45) is 11.5 Å². The molecule has 0 fully saturated rings. The van der Waals surface area contributed by atoms with Crippen LogP contribution in [0.4, 0.5) is 0 Å². The molecule has 0 aliphatic rings. The Morgan fingerprint density at radius 1 is 1.06 bits per heavy atom. The van der Waals surface area contributed by atoms with E-state index in [1.165, 1.54) is 22.3 Å². The van der Waals surface area contributed by atoms with Crippen LogP contribution in [0.5, 0.6) is 0 Å². The average Bonchev–Trinajstić information content (AvgIpc) is 2.08. The zero-order valence-electron chi connectivity index (χ0n) is 11.1. The molecule has 0 heterocycles. The molecule has 0 saturated carbocycles. The van der Waals surface area contributed by atoms with Crippen LogP contribution in [0.1, 0.15) is 48.6 Å². The predicted molar refractivity (Wildman–Crippen MR) is 70.5 cm³/mol. The summed E-state index contributed by atoms with van der Waals surface area (Å²) in [6, 6.07) is 4.43. The molecule has 1 rings (SSSR count). The normalized spacial score (nSPS) is 13.9. The quantitative estimate of drug-likeness (QED) is 0.823. The Morgan fingerprint density at radius 3 is 2.06 bits per heavy atom. The molecular weight excluding hydrogens is 196 g/mol. The van der Waals surface area contributed by atoms with Gasteiger partial charge in [-0.3, -0.25) is 0 Å². The Labute approximate surface area is 99.0 Å². The summed E-state index contributed by atoms with van der Waals surface area (Å²) in [5, 5.41) is 0. The van der Waals surface area contributed by atoms with E-state index in [-0.39, 0.29) is 11.6 Å². The van der Waals surface area contributed by atoms with E-state index in [0.29, 0.717) is 0 Å². The maximum atomic E-state index is 6.22. The molecule has 1 atom stereocenters. The van der Waals surface area contributed by atoms with Crippen LogP contribution in [0.15, 0.2) is 12.1 Å². The van der Waals surface area contributed by atoms with Crippen molar-refractivity contribution in [1.29, 1.82) is 0 Å². The highest BCUT2D eigenvalue weighted by Crippen LogP contribution is 2.25. The SMILES string of the molecule is Cc1cc(C)c(C(N)CC(C)(C)N)cc1C. The largest absolute Gasteiger partial charge is 0.325 e. The molecule has 0 saturated heterocycles. The first-order valence-corrected chi connectivity index (χ1v) is 5.83. The van der Waals surface area contributed by atoms with Gasteiger partial charge in [0.2, 0.25) is 0 Å². The first kappa shape index (κ1) is 13.2. The molecule has 0 amide bonds. The number of rotatable bonds is 3. The standard InChI is InChI=1S/C14H24N2/c1-9-6-11(3)12(7-10(9)2)13(15)8-14(4,5)16/h6-7,13H,8,15-16H2,1-5H3. The summed E-state index contributed by atoms with van der Waals surface area (Å²) in [6.45, 7) is 10.4. The maximum absolute atomic E-state index is 6.22. The molecule has 1 aromatic carbocycles. The van der Waals surface area contributed by atoms with Crippen molar-refractivity contribution in [1.82, 2.24) is 0 Å². The third kappa shape index (κ3) is 3.32. The number of benzene rings is 1. The van der Waals surface area contributed by atoms with Gasteiger partial charge in [0.1, 0.15) is 0 Å². The number of hydrogen-bond acceptors (Lipinski definition) is 2. The zero-order valence-corrected chi connectivity index (χ0v) is 11.1. The second kappa shape index (κ2) is 4.56. The molecule has 90 valence electrons. The third-order valence-electron chi connectivity index (χ3n) is 3.03. The van der Waals surface area contributed by atoms with Crippen molar-refractivity contribution in [3.05, 3.63) is 34.4 Å². The molecule has 0 radical (unpaired) electrons. The highest BCUT2D eigenvalue weighted by atomic mass is 14.7. The van der Waals surface area contributed by atoms with Crippen LogP contribution in [0.3, 0.4) is 0 Å². The van der Waals surface area contributed by atoms with Crippen molar-refractivity contribution in [2.75, 3.05) is 0 Å². The summed E-state index contributed by atoms with van der Waals surface area (Å²) < 4.78 is 0. The smallest absolute Gasteiger partial charge is 0.0314 e. The molecule has 1 unspecified atom stereocenters. The van der Waals surface area contributed by atoms with Gasteiger partial charge in [-0.2, -0.15) is 0 Å². The Bertz CT molecular complexity index is 375. The fourth-order valence-corrected chi connectivity index (χ4v) is 2.06. The van der Waals surface area contributed by atoms with Crippen LogP contribution < -0.4 is 11.5 Å². The summed E-state index contributed by atoms with van der Waals surface area (Å²) in [4.78, 5) is 0. The molecule has 4 N–H and O–H groups in total. The summed E-state index contributed by atoms with van der Waals surface area (Å²) in [7, 11) is 0. The first-order valence-electron chi connectivity index (χ1n) is 5.83. The summed E-state index contributed by atoms with van der Waals surface area (Å²) in [6.07, 6.45) is 0.802. The van der Waals surface area contributed by atoms with Crippen molar-refractivity contribution in [2.45, 2.75) is 52.6 Å². The predicted octanol–water partition coefficient (Wildman–Crippen LogP) is 2.74. The molecule has 16 heavy (non-hydrogen) atoms. The molecule has 0 spiro atoms. The van der Waals surface area contributed by atoms with Crippen molar-refractivity contribution in [3.8, 4) is 0 Å². The zero-order chi connectivity index (χ0) is 12.5. The number of hydrogen-bond donors (Lipinski definition) is 2. The topological polar surface area (TPSA) is 52.0 Å². The molecule has 0 aromatic heterocycles. The van der Waals surface area contributed by atoms with Crippen molar-refractivity contribution < 1.29 is 0 Å². The highest BCUT2D eigenvalue weighted by Gasteiger charge is 2.19. The van der Waals surface area contributed by atoms with E-state index in [9.17, 15) is 0 Å². The van der Waals surface area contributed by atoms with Gasteiger partial charge < -0.3 is 11.5 Å². The summed E-state index contributed by atoms with van der Waals surface area (Å²) >= 11 is 0. The van der Waals surface area contributed by atoms with E-state index in [2.05, 4.69) is 32.9 Å². The molecule has 0 bridgehead atoms. The number of aryl methyl sites for hydroxylation is 3. The molecule has 2 heteroatoms. The van der Waals surface area contributed by atoms with Gasteiger partial charge in [-0.1, -0.05) is 12.1 Å². The average molecular weight is 220 g/mol. The van der Waals surface area contributed by atoms with E-state index >= 15 is 0 Å². The monoisotopic (exact) mass is 220 g/mol. The Kier molecular flexibility index (Phi) is 3.76. The lowest BCUT2D eigenvalue weighted by Crippen LogP contribution is -2.36. The van der Waals surface area contributed by atoms with Gasteiger partial charge in [-0.15, -0.1) is 0 Å². The molecule has 1 aromatic rings. The van der Waals surface area contributed by atoms with Gasteiger partial charge in [0.05, 0.1) is 0 Å². The van der Waals surface area contributed by atoms with Crippen LogP contribution >= 0.6 is 0 Å². The van der Waals surface area contributed by atoms with Crippen molar-refractivity contribution in [3.63, 3.8) is 0 Å². The lowest BCUT2D eigenvalue weighted by Gasteiger charge is -2.25. The fourth-order valence-electron chi connectivity index (χ4n) is 2.06. The molecular formula is C14H24N2. The molecule has 0 aliphatic heterocycles. The van der Waals surface area contributed by atoms with E-state index in [0.717, 1.165) is 6.42 Å². The summed E-state index contributed by atoms with van der Waals surface area (Å²) in [5.41, 5.74) is 17.1. The van der Waals surface area contributed by atoms with Crippen LogP contribution in [0.2, 0.25) is 0 Å². The van der Waals surface area contributed by atoms with E-state index in [4.69, 9.17) is 11.5 Å². The first-order chi connectivity index (χ1) is 7.20. The highest BCUT2D eigenvalue weighted by molar-refractivity contribution is 5.38. The minimum atomic E-state index is -0.218. The minimum Gasteiger partial charge on any atom is -0.325 e. The second-order valence-electron chi connectivity index (χ2n) is 5.59. The molecule has 2 nitrogen and oxygen atoms in total. The lowest BCUT2D eigenvalue weighted by molar-refractivity contribution is 0.428. The van der Waals surface area contributed by atoms with Crippen molar-refractivity contribution >= 4 is 0 Å². The van der Waals surface area contributed by atoms with Gasteiger partial charge in [-0.25, -0.2) is 0 Å².